The van der Waals surface area contributed by atoms with Crippen LogP contribution in [0.15, 0.2) is 0 Å². The largest absolute Gasteiger partial charge is 0.298 e. The average Bonchev–Trinajstić information content (AvgIpc) is 1.67. The van der Waals surface area contributed by atoms with Crippen LogP contribution in [0.3, 0.4) is 0 Å². The molecule has 0 N–H and O–H groups in total. The molecule has 3 heteroatoms. The van der Waals surface area contributed by atoms with Gasteiger partial charge in [0.2, 0.25) is 0 Å². The Labute approximate surface area is 53.1 Å². The Hall–Kier alpha value is -0.550. The molecule has 0 aliphatic heterocycles. The molecule has 0 saturated heterocycles. The zero-order chi connectivity index (χ0) is 6.57. The molecular formula is C5H6ClNO. The van der Waals surface area contributed by atoms with Crippen molar-refractivity contribution >= 4 is 17.4 Å². The van der Waals surface area contributed by atoms with E-state index in [-0.39, 0.29) is 12.2 Å². The summed E-state index contributed by atoms with van der Waals surface area (Å²) in [4.78, 5) is 10.3. The zero-order valence-electron chi connectivity index (χ0n) is 4.52. The monoisotopic (exact) mass is 131 g/mol. The number of alkyl halides is 1. The molecule has 2 nitrogen and oxygen atoms in total. The molecule has 1 unspecified atom stereocenters. The molecule has 0 rings (SSSR count). The Balaban J connectivity index is 3.52. The summed E-state index contributed by atoms with van der Waals surface area (Å²) >= 11 is 5.34. The van der Waals surface area contributed by atoms with Crippen molar-refractivity contribution in [1.29, 1.82) is 5.26 Å². The predicted octanol–water partition coefficient (Wildman–Crippen LogP) is 1.10. The molecule has 0 radical (unpaired) electrons. The fraction of sp³-hybridized carbons (Fsp3) is 0.600. The first kappa shape index (κ1) is 7.45. The smallest absolute Gasteiger partial charge is 0.148 e. The summed E-state index contributed by atoms with van der Waals surface area (Å²) in [6.45, 7) is 1.37. The Morgan fingerprint density at radius 3 is 2.62 bits per heavy atom. The third kappa shape index (κ3) is 2.59. The van der Waals surface area contributed by atoms with Crippen molar-refractivity contribution in [3.8, 4) is 6.07 Å². The number of carbonyl (C=O) groups is 1. The lowest BCUT2D eigenvalue weighted by molar-refractivity contribution is -0.116. The van der Waals surface area contributed by atoms with E-state index in [9.17, 15) is 4.79 Å². The number of hydrogen-bond donors (Lipinski definition) is 0. The summed E-state index contributed by atoms with van der Waals surface area (Å²) in [7, 11) is 0. The van der Waals surface area contributed by atoms with Gasteiger partial charge >= 0.3 is 0 Å². The van der Waals surface area contributed by atoms with Crippen molar-refractivity contribution in [3.05, 3.63) is 0 Å². The zero-order valence-corrected chi connectivity index (χ0v) is 5.27. The van der Waals surface area contributed by atoms with Gasteiger partial charge in [0.15, 0.2) is 0 Å². The Morgan fingerprint density at radius 2 is 2.50 bits per heavy atom. The van der Waals surface area contributed by atoms with Crippen LogP contribution in [0, 0.1) is 11.3 Å². The maximum atomic E-state index is 10.3. The fourth-order valence-electron chi connectivity index (χ4n) is 0.224. The van der Waals surface area contributed by atoms with Crippen molar-refractivity contribution < 1.29 is 4.79 Å². The maximum absolute atomic E-state index is 10.3. The summed E-state index contributed by atoms with van der Waals surface area (Å²) in [5, 5.41) is 7.39. The van der Waals surface area contributed by atoms with Gasteiger partial charge in [0.05, 0.1) is 12.5 Å². The normalized spacial score (nSPS) is 12.1. The van der Waals surface area contributed by atoms with E-state index in [1.807, 2.05) is 0 Å². The minimum Gasteiger partial charge on any atom is -0.298 e. The van der Waals surface area contributed by atoms with E-state index in [1.165, 1.54) is 6.92 Å². The van der Waals surface area contributed by atoms with E-state index in [1.54, 1.807) is 6.07 Å². The number of Topliss-reactive ketones (excluding diaryl/α,β-unsaturated/α-hetero) is 1. The van der Waals surface area contributed by atoms with Crippen LogP contribution in [0.5, 0.6) is 0 Å². The summed E-state index contributed by atoms with van der Waals surface area (Å²) < 4.78 is 0. The van der Waals surface area contributed by atoms with Gasteiger partial charge in [-0.2, -0.15) is 5.26 Å². The van der Waals surface area contributed by atoms with Crippen LogP contribution < -0.4 is 0 Å². The topological polar surface area (TPSA) is 40.9 Å². The summed E-state index contributed by atoms with van der Waals surface area (Å²) in [5.41, 5.74) is 0. The molecule has 0 aliphatic rings. The van der Waals surface area contributed by atoms with E-state index in [4.69, 9.17) is 16.9 Å². The number of carbonyl (C=O) groups excluding carboxylic acids is 1. The number of nitrogens with zero attached hydrogens (tertiary/aromatic N) is 1. The highest BCUT2D eigenvalue weighted by Gasteiger charge is 2.07. The van der Waals surface area contributed by atoms with Gasteiger partial charge in [-0.1, -0.05) is 0 Å². The molecule has 8 heavy (non-hydrogen) atoms. The molecule has 0 amide bonds. The van der Waals surface area contributed by atoms with Gasteiger partial charge in [-0.25, -0.2) is 0 Å². The van der Waals surface area contributed by atoms with Crippen molar-refractivity contribution in [1.82, 2.24) is 0 Å². The minimum absolute atomic E-state index is 0.108. The number of rotatable bonds is 2. The Morgan fingerprint density at radius 1 is 2.00 bits per heavy atom. The molecule has 44 valence electrons. The molecule has 0 spiro atoms. The number of nitriles is 1. The molecule has 0 saturated carbocycles. The quantitative estimate of drug-likeness (QED) is 0.527. The van der Waals surface area contributed by atoms with Crippen LogP contribution in [0.1, 0.15) is 13.3 Å². The third-order valence-electron chi connectivity index (χ3n) is 0.712. The van der Waals surface area contributed by atoms with Crippen molar-refractivity contribution in [2.24, 2.45) is 0 Å². The van der Waals surface area contributed by atoms with Gasteiger partial charge < -0.3 is 0 Å². The van der Waals surface area contributed by atoms with Crippen LogP contribution in [0.25, 0.3) is 0 Å². The lowest BCUT2D eigenvalue weighted by Gasteiger charge is -1.93. The minimum atomic E-state index is -0.611. The van der Waals surface area contributed by atoms with Gasteiger partial charge in [0.25, 0.3) is 0 Å². The third-order valence-corrected chi connectivity index (χ3v) is 1.17. The summed E-state index contributed by atoms with van der Waals surface area (Å²) in [5.74, 6) is -0.145. The van der Waals surface area contributed by atoms with Crippen molar-refractivity contribution in [3.63, 3.8) is 0 Å². The second kappa shape index (κ2) is 3.45. The Bertz CT molecular complexity index is 127. The van der Waals surface area contributed by atoms with Crippen molar-refractivity contribution in [2.75, 3.05) is 0 Å². The molecule has 1 atom stereocenters. The van der Waals surface area contributed by atoms with Crippen molar-refractivity contribution in [2.45, 2.75) is 18.7 Å². The number of hydrogen-bond acceptors (Lipinski definition) is 2. The lowest BCUT2D eigenvalue weighted by atomic mass is 10.2. The highest BCUT2D eigenvalue weighted by molar-refractivity contribution is 6.30. The first-order valence-electron chi connectivity index (χ1n) is 2.20. The standard InChI is InChI=1S/C5H6ClNO/c1-4(8)5(6)2-3-7/h5H,2H2,1H3. The molecule has 0 aromatic heterocycles. The molecule has 0 aromatic carbocycles. The van der Waals surface area contributed by atoms with Gasteiger partial charge in [-0.15, -0.1) is 11.6 Å². The van der Waals surface area contributed by atoms with Crippen LogP contribution in [0.4, 0.5) is 0 Å². The number of ketones is 1. The van der Waals surface area contributed by atoms with Crippen LogP contribution >= 0.6 is 11.6 Å². The number of halogens is 1. The Kier molecular flexibility index (Phi) is 3.21. The highest BCUT2D eigenvalue weighted by atomic mass is 35.5. The summed E-state index contributed by atoms with van der Waals surface area (Å²) in [6, 6.07) is 1.80. The predicted molar refractivity (Wildman–Crippen MR) is 30.6 cm³/mol. The lowest BCUT2D eigenvalue weighted by Crippen LogP contribution is -2.07. The molecular weight excluding hydrogens is 126 g/mol. The fourth-order valence-corrected chi connectivity index (χ4v) is 0.293. The molecule has 0 fully saturated rings. The molecule has 0 heterocycles. The van der Waals surface area contributed by atoms with E-state index in [0.29, 0.717) is 0 Å². The van der Waals surface area contributed by atoms with Gasteiger partial charge in [-0.05, 0) is 6.92 Å². The second-order valence-electron chi connectivity index (χ2n) is 1.44. The van der Waals surface area contributed by atoms with Gasteiger partial charge in [0.1, 0.15) is 11.2 Å². The molecule has 0 aromatic rings. The first-order chi connectivity index (χ1) is 3.68. The van der Waals surface area contributed by atoms with Crippen LogP contribution in [0.2, 0.25) is 0 Å². The molecule has 0 aliphatic carbocycles. The van der Waals surface area contributed by atoms with Gasteiger partial charge in [0, 0.05) is 0 Å². The maximum Gasteiger partial charge on any atom is 0.148 e. The SMILES string of the molecule is CC(=O)C(Cl)CC#N. The van der Waals surface area contributed by atoms with Gasteiger partial charge in [-0.3, -0.25) is 4.79 Å². The second-order valence-corrected chi connectivity index (χ2v) is 1.97. The average molecular weight is 132 g/mol. The van der Waals surface area contributed by atoms with Crippen LogP contribution in [-0.4, -0.2) is 11.2 Å². The van der Waals surface area contributed by atoms with E-state index >= 15 is 0 Å². The van der Waals surface area contributed by atoms with E-state index < -0.39 is 5.38 Å². The highest BCUT2D eigenvalue weighted by Crippen LogP contribution is 2.00. The summed E-state index contributed by atoms with van der Waals surface area (Å²) in [6.07, 6.45) is 0.108. The first-order valence-corrected chi connectivity index (χ1v) is 2.63. The van der Waals surface area contributed by atoms with Crippen LogP contribution in [-0.2, 0) is 4.79 Å². The molecule has 0 bridgehead atoms. The van der Waals surface area contributed by atoms with E-state index in [2.05, 4.69) is 0 Å². The van der Waals surface area contributed by atoms with E-state index in [0.717, 1.165) is 0 Å².